The van der Waals surface area contributed by atoms with Crippen LogP contribution in [0.15, 0.2) is 55.0 Å². The molecule has 0 unspecified atom stereocenters. The Bertz CT molecular complexity index is 1360. The summed E-state index contributed by atoms with van der Waals surface area (Å²) < 4.78 is 17.5. The number of ether oxygens (including phenoxy) is 3. The van der Waals surface area contributed by atoms with Crippen LogP contribution in [0.4, 0.5) is 11.4 Å². The summed E-state index contributed by atoms with van der Waals surface area (Å²) in [6.45, 7) is 6.19. The fraction of sp³-hybridized carbons (Fsp3) is 0.357. The minimum Gasteiger partial charge on any atom is -0.497 e. The molecule has 0 saturated heterocycles. The monoisotopic (exact) mass is 518 g/mol. The van der Waals surface area contributed by atoms with Gasteiger partial charge in [-0.15, -0.1) is 0 Å². The van der Waals surface area contributed by atoms with E-state index in [2.05, 4.69) is 34.1 Å². The van der Waals surface area contributed by atoms with E-state index in [1.54, 1.807) is 31.3 Å². The summed E-state index contributed by atoms with van der Waals surface area (Å²) in [6, 6.07) is 12.3. The largest absolute Gasteiger partial charge is 0.497 e. The topological polar surface area (TPSA) is 104 Å². The van der Waals surface area contributed by atoms with E-state index in [-0.39, 0.29) is 12.4 Å². The molecule has 10 nitrogen and oxygen atoms in total. The molecule has 200 valence electrons. The van der Waals surface area contributed by atoms with E-state index in [0.717, 1.165) is 41.1 Å². The molecule has 4 rings (SSSR count). The molecule has 0 spiro atoms. The summed E-state index contributed by atoms with van der Waals surface area (Å²) in [5, 5.41) is 7.84. The molecular weight excluding hydrogens is 484 g/mol. The summed E-state index contributed by atoms with van der Waals surface area (Å²) in [5.41, 5.74) is 5.00. The van der Waals surface area contributed by atoms with Gasteiger partial charge in [0.25, 0.3) is 0 Å². The molecule has 0 fully saturated rings. The fourth-order valence-electron chi connectivity index (χ4n) is 4.05. The number of aromatic nitrogens is 4. The zero-order valence-electron chi connectivity index (χ0n) is 22.5. The highest BCUT2D eigenvalue weighted by Gasteiger charge is 2.15. The third kappa shape index (κ3) is 6.57. The molecule has 0 atom stereocenters. The lowest BCUT2D eigenvalue weighted by Crippen LogP contribution is -2.32. The van der Waals surface area contributed by atoms with Gasteiger partial charge in [-0.1, -0.05) is 13.8 Å². The maximum absolute atomic E-state index is 11.5. The lowest BCUT2D eigenvalue weighted by Gasteiger charge is -2.27. The van der Waals surface area contributed by atoms with Crippen LogP contribution in [-0.4, -0.2) is 66.2 Å². The number of carbonyl (C=O) groups is 1. The Morgan fingerprint density at radius 3 is 2.45 bits per heavy atom. The van der Waals surface area contributed by atoms with Crippen molar-refractivity contribution in [1.29, 1.82) is 0 Å². The van der Waals surface area contributed by atoms with Crippen molar-refractivity contribution in [2.75, 3.05) is 39.3 Å². The van der Waals surface area contributed by atoms with Gasteiger partial charge < -0.3 is 24.4 Å². The Hall–Kier alpha value is -4.18. The maximum Gasteiger partial charge on any atom is 0.307 e. The molecule has 2 aromatic carbocycles. The molecule has 38 heavy (non-hydrogen) atoms. The van der Waals surface area contributed by atoms with E-state index < -0.39 is 0 Å². The van der Waals surface area contributed by atoms with Crippen LogP contribution < -0.4 is 19.7 Å². The second-order valence-corrected chi connectivity index (χ2v) is 9.08. The number of methoxy groups -OCH3 is 3. The van der Waals surface area contributed by atoms with E-state index in [1.165, 1.54) is 7.11 Å². The van der Waals surface area contributed by atoms with E-state index in [4.69, 9.17) is 19.2 Å². The maximum atomic E-state index is 11.5. The summed E-state index contributed by atoms with van der Waals surface area (Å²) in [6.07, 6.45) is 5.57. The SMILES string of the molecule is COC(=O)CCn1cc(-c2cnc3ccc(N(CCNC(C)C)c4cc(OC)cc(OC)c4)cc3n2)cn1. The van der Waals surface area contributed by atoms with Crippen LogP contribution in [-0.2, 0) is 16.1 Å². The molecule has 0 radical (unpaired) electrons. The minimum absolute atomic E-state index is 0.251. The van der Waals surface area contributed by atoms with Crippen LogP contribution in [0.1, 0.15) is 20.3 Å². The number of fused-ring (bicyclic) bond motifs is 1. The molecule has 4 aromatic rings. The van der Waals surface area contributed by atoms with Crippen molar-refractivity contribution in [2.24, 2.45) is 0 Å². The molecular formula is C28H34N6O4. The third-order valence-electron chi connectivity index (χ3n) is 6.08. The van der Waals surface area contributed by atoms with Gasteiger partial charge in [0.15, 0.2) is 0 Å². The van der Waals surface area contributed by atoms with Gasteiger partial charge in [0.05, 0.1) is 63.4 Å². The van der Waals surface area contributed by atoms with Gasteiger partial charge in [-0.2, -0.15) is 5.10 Å². The predicted molar refractivity (Wildman–Crippen MR) is 147 cm³/mol. The zero-order valence-corrected chi connectivity index (χ0v) is 22.5. The lowest BCUT2D eigenvalue weighted by molar-refractivity contribution is -0.140. The molecule has 1 N–H and O–H groups in total. The average Bonchev–Trinajstić information content (AvgIpc) is 3.42. The predicted octanol–water partition coefficient (Wildman–Crippen LogP) is 4.21. The number of nitrogens with one attached hydrogen (secondary N) is 1. The van der Waals surface area contributed by atoms with E-state index in [1.807, 2.05) is 42.6 Å². The van der Waals surface area contributed by atoms with Gasteiger partial charge >= 0.3 is 5.97 Å². The van der Waals surface area contributed by atoms with Crippen molar-refractivity contribution in [3.05, 3.63) is 55.0 Å². The van der Waals surface area contributed by atoms with Crippen molar-refractivity contribution >= 4 is 28.4 Å². The quantitative estimate of drug-likeness (QED) is 0.276. The highest BCUT2D eigenvalue weighted by molar-refractivity contribution is 5.82. The first-order valence-corrected chi connectivity index (χ1v) is 12.5. The van der Waals surface area contributed by atoms with Gasteiger partial charge in [0.2, 0.25) is 0 Å². The van der Waals surface area contributed by atoms with Crippen LogP contribution in [0, 0.1) is 0 Å². The number of benzene rings is 2. The summed E-state index contributed by atoms with van der Waals surface area (Å²) in [7, 11) is 4.67. The Balaban J connectivity index is 1.67. The summed E-state index contributed by atoms with van der Waals surface area (Å²) >= 11 is 0. The lowest BCUT2D eigenvalue weighted by atomic mass is 10.2. The average molecular weight is 519 g/mol. The Labute approximate surface area is 222 Å². The van der Waals surface area contributed by atoms with Crippen LogP contribution >= 0.6 is 0 Å². The van der Waals surface area contributed by atoms with Crippen molar-refractivity contribution in [2.45, 2.75) is 32.9 Å². The molecule has 2 heterocycles. The Morgan fingerprint density at radius 1 is 1.00 bits per heavy atom. The van der Waals surface area contributed by atoms with E-state index in [0.29, 0.717) is 29.8 Å². The van der Waals surface area contributed by atoms with Crippen molar-refractivity contribution in [3.63, 3.8) is 0 Å². The highest BCUT2D eigenvalue weighted by Crippen LogP contribution is 2.34. The van der Waals surface area contributed by atoms with Gasteiger partial charge in [-0.25, -0.2) is 4.98 Å². The van der Waals surface area contributed by atoms with E-state index in [9.17, 15) is 4.79 Å². The normalized spacial score (nSPS) is 11.1. The first kappa shape index (κ1) is 26.9. The van der Waals surface area contributed by atoms with Crippen molar-refractivity contribution in [1.82, 2.24) is 25.1 Å². The third-order valence-corrected chi connectivity index (χ3v) is 6.08. The standard InChI is InChI=1S/C28H34N6O4/c1-19(2)29-9-11-34(22-12-23(36-3)15-24(13-22)37-4)21-6-7-25-26(14-21)32-27(17-30-25)20-16-31-33(18-20)10-8-28(35)38-5/h6-7,12-19,29H,8-11H2,1-5H3. The number of carbonyl (C=O) groups excluding carboxylic acids is 1. The summed E-state index contributed by atoms with van der Waals surface area (Å²) in [4.78, 5) is 23.2. The Kier molecular flexibility index (Phi) is 8.75. The number of hydrogen-bond donors (Lipinski definition) is 1. The van der Waals surface area contributed by atoms with Gasteiger partial charge in [-0.3, -0.25) is 14.5 Å². The first-order valence-electron chi connectivity index (χ1n) is 12.5. The molecule has 0 amide bonds. The number of nitrogens with zero attached hydrogens (tertiary/aromatic N) is 5. The molecule has 10 heteroatoms. The number of hydrogen-bond acceptors (Lipinski definition) is 9. The second kappa shape index (κ2) is 12.4. The first-order chi connectivity index (χ1) is 18.4. The summed E-state index contributed by atoms with van der Waals surface area (Å²) in [5.74, 6) is 1.16. The van der Waals surface area contributed by atoms with Crippen LogP contribution in [0.2, 0.25) is 0 Å². The van der Waals surface area contributed by atoms with Crippen LogP contribution in [0.25, 0.3) is 22.3 Å². The molecule has 0 bridgehead atoms. The fourth-order valence-corrected chi connectivity index (χ4v) is 4.05. The van der Waals surface area contributed by atoms with Gasteiger partial charge in [0.1, 0.15) is 11.5 Å². The second-order valence-electron chi connectivity index (χ2n) is 9.08. The number of rotatable bonds is 12. The smallest absolute Gasteiger partial charge is 0.307 e. The van der Waals surface area contributed by atoms with Crippen molar-refractivity contribution < 1.29 is 19.0 Å². The van der Waals surface area contributed by atoms with Gasteiger partial charge in [-0.05, 0) is 18.2 Å². The molecule has 0 saturated carbocycles. The Morgan fingerprint density at radius 2 is 1.76 bits per heavy atom. The minimum atomic E-state index is -0.276. The van der Waals surface area contributed by atoms with Gasteiger partial charge in [0, 0.05) is 60.5 Å². The number of esters is 1. The number of anilines is 2. The molecule has 0 aliphatic heterocycles. The van der Waals surface area contributed by atoms with Crippen LogP contribution in [0.5, 0.6) is 11.5 Å². The van der Waals surface area contributed by atoms with E-state index >= 15 is 0 Å². The number of aryl methyl sites for hydroxylation is 1. The molecule has 0 aliphatic rings. The highest BCUT2D eigenvalue weighted by atomic mass is 16.5. The van der Waals surface area contributed by atoms with Crippen molar-refractivity contribution in [3.8, 4) is 22.8 Å². The van der Waals surface area contributed by atoms with Crippen LogP contribution in [0.3, 0.4) is 0 Å². The zero-order chi connectivity index (χ0) is 27.1. The molecule has 2 aromatic heterocycles. The molecule has 0 aliphatic carbocycles.